The van der Waals surface area contributed by atoms with Gasteiger partial charge in [0.2, 0.25) is 0 Å². The number of hydrogen-bond donors (Lipinski definition) is 0. The molecule has 0 aliphatic rings. The molecule has 0 spiro atoms. The zero-order valence-electron chi connectivity index (χ0n) is 10.9. The molecular formula is C16H15FOS. The van der Waals surface area contributed by atoms with Crippen molar-refractivity contribution >= 4 is 17.5 Å². The molecule has 0 aliphatic carbocycles. The van der Waals surface area contributed by atoms with Crippen LogP contribution in [0.3, 0.4) is 0 Å². The highest BCUT2D eigenvalue weighted by Crippen LogP contribution is 2.25. The summed E-state index contributed by atoms with van der Waals surface area (Å²) in [6.45, 7) is 3.47. The molecule has 0 N–H and O–H groups in total. The largest absolute Gasteiger partial charge is 0.295 e. The highest BCUT2D eigenvalue weighted by atomic mass is 32.2. The summed E-state index contributed by atoms with van der Waals surface area (Å²) < 4.78 is 13.0. The fourth-order valence-electron chi connectivity index (χ4n) is 1.79. The molecule has 0 radical (unpaired) electrons. The van der Waals surface area contributed by atoms with Gasteiger partial charge in [-0.1, -0.05) is 18.2 Å². The van der Waals surface area contributed by atoms with Crippen LogP contribution in [0, 0.1) is 12.7 Å². The monoisotopic (exact) mass is 274 g/mol. The summed E-state index contributed by atoms with van der Waals surface area (Å²) in [5.41, 5.74) is 2.79. The van der Waals surface area contributed by atoms with Crippen LogP contribution in [0.25, 0.3) is 0 Å². The van der Waals surface area contributed by atoms with Gasteiger partial charge < -0.3 is 0 Å². The van der Waals surface area contributed by atoms with Crippen molar-refractivity contribution in [3.63, 3.8) is 0 Å². The lowest BCUT2D eigenvalue weighted by Crippen LogP contribution is -1.92. The average Bonchev–Trinajstić information content (AvgIpc) is 2.38. The number of carbonyl (C=O) groups is 1. The lowest BCUT2D eigenvalue weighted by atomic mass is 10.1. The van der Waals surface area contributed by atoms with Gasteiger partial charge >= 0.3 is 0 Å². The molecule has 0 aliphatic heterocycles. The maximum Gasteiger partial charge on any atom is 0.159 e. The number of aryl methyl sites for hydroxylation is 1. The van der Waals surface area contributed by atoms with E-state index in [1.54, 1.807) is 24.8 Å². The molecule has 98 valence electrons. The molecule has 2 aromatic rings. The van der Waals surface area contributed by atoms with Crippen LogP contribution in [0.15, 0.2) is 47.4 Å². The summed E-state index contributed by atoms with van der Waals surface area (Å²) in [6.07, 6.45) is 0. The zero-order valence-corrected chi connectivity index (χ0v) is 11.8. The highest BCUT2D eigenvalue weighted by Gasteiger charge is 2.04. The van der Waals surface area contributed by atoms with Gasteiger partial charge in [0, 0.05) is 16.2 Å². The van der Waals surface area contributed by atoms with E-state index in [0.717, 1.165) is 27.3 Å². The number of hydrogen-bond acceptors (Lipinski definition) is 2. The fraction of sp³-hybridized carbons (Fsp3) is 0.188. The molecule has 0 saturated carbocycles. The lowest BCUT2D eigenvalue weighted by molar-refractivity contribution is 0.101. The van der Waals surface area contributed by atoms with E-state index in [1.807, 2.05) is 37.3 Å². The first-order chi connectivity index (χ1) is 9.06. The summed E-state index contributed by atoms with van der Waals surface area (Å²) in [7, 11) is 0. The molecule has 0 unspecified atom stereocenters. The van der Waals surface area contributed by atoms with Crippen molar-refractivity contribution in [1.29, 1.82) is 0 Å². The van der Waals surface area contributed by atoms with E-state index in [0.29, 0.717) is 0 Å². The second-order valence-electron chi connectivity index (χ2n) is 4.44. The Balaban J connectivity index is 2.10. The van der Waals surface area contributed by atoms with Crippen LogP contribution in [0.4, 0.5) is 4.39 Å². The van der Waals surface area contributed by atoms with E-state index in [2.05, 4.69) is 0 Å². The first-order valence-electron chi connectivity index (χ1n) is 6.05. The van der Waals surface area contributed by atoms with Gasteiger partial charge in [-0.3, -0.25) is 4.79 Å². The molecule has 1 nitrogen and oxygen atoms in total. The SMILES string of the molecule is CC(=O)c1cccc(SCc2ccc(F)cc2C)c1. The molecule has 0 aromatic heterocycles. The third-order valence-corrected chi connectivity index (χ3v) is 3.98. The van der Waals surface area contributed by atoms with Gasteiger partial charge in [0.25, 0.3) is 0 Å². The van der Waals surface area contributed by atoms with Crippen molar-refractivity contribution in [2.75, 3.05) is 0 Å². The first kappa shape index (κ1) is 13.8. The average molecular weight is 274 g/mol. The predicted octanol–water partition coefficient (Wildman–Crippen LogP) is 4.63. The topological polar surface area (TPSA) is 17.1 Å². The van der Waals surface area contributed by atoms with Crippen LogP contribution < -0.4 is 0 Å². The van der Waals surface area contributed by atoms with Gasteiger partial charge in [-0.15, -0.1) is 11.8 Å². The molecule has 0 amide bonds. The van der Waals surface area contributed by atoms with Crippen LogP contribution in [-0.2, 0) is 5.75 Å². The van der Waals surface area contributed by atoms with Crippen LogP contribution in [-0.4, -0.2) is 5.78 Å². The predicted molar refractivity (Wildman–Crippen MR) is 77.1 cm³/mol. The summed E-state index contributed by atoms with van der Waals surface area (Å²) in [6, 6.07) is 12.4. The van der Waals surface area contributed by atoms with E-state index in [1.165, 1.54) is 6.07 Å². The fourth-order valence-corrected chi connectivity index (χ4v) is 2.82. The Hall–Kier alpha value is -1.61. The van der Waals surface area contributed by atoms with E-state index in [4.69, 9.17) is 0 Å². The van der Waals surface area contributed by atoms with Gasteiger partial charge in [0.05, 0.1) is 0 Å². The van der Waals surface area contributed by atoms with Crippen LogP contribution in [0.1, 0.15) is 28.4 Å². The van der Waals surface area contributed by atoms with Crippen molar-refractivity contribution in [2.45, 2.75) is 24.5 Å². The van der Waals surface area contributed by atoms with Crippen LogP contribution >= 0.6 is 11.8 Å². The number of Topliss-reactive ketones (excluding diaryl/α,β-unsaturated/α-hetero) is 1. The van der Waals surface area contributed by atoms with E-state index >= 15 is 0 Å². The first-order valence-corrected chi connectivity index (χ1v) is 7.03. The van der Waals surface area contributed by atoms with Crippen molar-refractivity contribution in [2.24, 2.45) is 0 Å². The van der Waals surface area contributed by atoms with Gasteiger partial charge in [-0.2, -0.15) is 0 Å². The van der Waals surface area contributed by atoms with Gasteiger partial charge in [0.1, 0.15) is 5.82 Å². The minimum atomic E-state index is -0.204. The van der Waals surface area contributed by atoms with Crippen molar-refractivity contribution < 1.29 is 9.18 Å². The molecule has 0 saturated heterocycles. The number of rotatable bonds is 4. The Morgan fingerprint density at radius 1 is 1.21 bits per heavy atom. The Kier molecular flexibility index (Phi) is 4.38. The van der Waals surface area contributed by atoms with E-state index in [-0.39, 0.29) is 11.6 Å². The Labute approximate surface area is 116 Å². The van der Waals surface area contributed by atoms with Crippen molar-refractivity contribution in [3.05, 3.63) is 65.0 Å². The zero-order chi connectivity index (χ0) is 13.8. The maximum absolute atomic E-state index is 13.0. The minimum absolute atomic E-state index is 0.0698. The number of halogens is 1. The number of carbonyl (C=O) groups excluding carboxylic acids is 1. The molecule has 0 heterocycles. The second kappa shape index (κ2) is 6.02. The standard InChI is InChI=1S/C16H15FOS/c1-11-8-15(17)7-6-14(11)10-19-16-5-3-4-13(9-16)12(2)18/h3-9H,10H2,1-2H3. The number of ketones is 1. The Morgan fingerprint density at radius 3 is 2.68 bits per heavy atom. The molecule has 2 rings (SSSR count). The minimum Gasteiger partial charge on any atom is -0.295 e. The summed E-state index contributed by atoms with van der Waals surface area (Å²) in [5, 5.41) is 0. The Bertz CT molecular complexity index is 607. The summed E-state index contributed by atoms with van der Waals surface area (Å²) >= 11 is 1.65. The van der Waals surface area contributed by atoms with Gasteiger partial charge in [-0.25, -0.2) is 4.39 Å². The molecular weight excluding hydrogens is 259 g/mol. The van der Waals surface area contributed by atoms with Gasteiger partial charge in [-0.05, 0) is 49.2 Å². The van der Waals surface area contributed by atoms with Crippen LogP contribution in [0.5, 0.6) is 0 Å². The van der Waals surface area contributed by atoms with Crippen LogP contribution in [0.2, 0.25) is 0 Å². The number of benzene rings is 2. The maximum atomic E-state index is 13.0. The molecule has 19 heavy (non-hydrogen) atoms. The smallest absolute Gasteiger partial charge is 0.159 e. The normalized spacial score (nSPS) is 10.5. The third kappa shape index (κ3) is 3.67. The Morgan fingerprint density at radius 2 is 2.00 bits per heavy atom. The highest BCUT2D eigenvalue weighted by molar-refractivity contribution is 7.98. The second-order valence-corrected chi connectivity index (χ2v) is 5.49. The van der Waals surface area contributed by atoms with Crippen molar-refractivity contribution in [3.8, 4) is 0 Å². The molecule has 0 fully saturated rings. The quantitative estimate of drug-likeness (QED) is 0.597. The van der Waals surface area contributed by atoms with E-state index in [9.17, 15) is 9.18 Å². The number of thioether (sulfide) groups is 1. The molecule has 2 aromatic carbocycles. The molecule has 3 heteroatoms. The van der Waals surface area contributed by atoms with Gasteiger partial charge in [0.15, 0.2) is 5.78 Å². The van der Waals surface area contributed by atoms with Crippen molar-refractivity contribution in [1.82, 2.24) is 0 Å². The third-order valence-electron chi connectivity index (χ3n) is 2.94. The molecule has 0 bridgehead atoms. The lowest BCUT2D eigenvalue weighted by Gasteiger charge is -2.06. The summed E-state index contributed by atoms with van der Waals surface area (Å²) in [4.78, 5) is 12.4. The summed E-state index contributed by atoms with van der Waals surface area (Å²) in [5.74, 6) is 0.637. The molecule has 0 atom stereocenters. The van der Waals surface area contributed by atoms with E-state index < -0.39 is 0 Å².